The highest BCUT2D eigenvalue weighted by atomic mass is 16.5. The quantitative estimate of drug-likeness (QED) is 0.0752. The summed E-state index contributed by atoms with van der Waals surface area (Å²) in [4.78, 5) is 63.1. The Balaban J connectivity index is 1.36. The molecule has 0 saturated heterocycles. The molecule has 44 heavy (non-hydrogen) atoms. The van der Waals surface area contributed by atoms with Crippen molar-refractivity contribution >= 4 is 40.6 Å². The van der Waals surface area contributed by atoms with Crippen molar-refractivity contribution in [3.8, 4) is 0 Å². The molecule has 0 radical (unpaired) electrons. The molecule has 1 atom stereocenters. The lowest BCUT2D eigenvalue weighted by Crippen LogP contribution is -2.41. The Morgan fingerprint density at radius 3 is 2.34 bits per heavy atom. The number of ether oxygens (including phenoxy) is 3. The number of H-pyrrole nitrogens is 1. The molecule has 0 fully saturated rings. The highest BCUT2D eigenvalue weighted by Gasteiger charge is 2.21. The number of nitrogens with zero attached hydrogens (tertiary/aromatic N) is 3. The first kappa shape index (κ1) is 33.8. The van der Waals surface area contributed by atoms with Crippen molar-refractivity contribution in [2.75, 3.05) is 63.8 Å². The van der Waals surface area contributed by atoms with Gasteiger partial charge >= 0.3 is 5.97 Å². The van der Waals surface area contributed by atoms with E-state index >= 15 is 0 Å². The number of hydrogen-bond acceptors (Lipinski definition) is 13. The molecule has 17 heteroatoms. The number of nitrogens with two attached hydrogens (primary N) is 2. The summed E-state index contributed by atoms with van der Waals surface area (Å²) in [5.41, 5.74) is 11.9. The van der Waals surface area contributed by atoms with Gasteiger partial charge in [-0.05, 0) is 30.7 Å². The average molecular weight is 616 g/mol. The molecule has 1 aromatic carbocycles. The molecule has 238 valence electrons. The standard InChI is InChI=1S/C27H37N9O8/c28-7-9-42-11-13-44-14-12-43-10-8-30-21(37)6-5-20(26(40)41)34-24(38)17-1-3-18(4-2-17)31-15-19-16-32-23-22(33-19)25(39)36-27(29)35-23/h1-4,16,20,31H,5-15,28H2,(H,30,37)(H,34,38)(H,40,41)(H3,29,32,35,36,39)/t20-/m1/s1. The number of aliphatic carboxylic acids is 1. The second-order valence-corrected chi connectivity index (χ2v) is 9.29. The fraction of sp³-hybridized carbons (Fsp3) is 0.444. The molecular weight excluding hydrogens is 578 g/mol. The van der Waals surface area contributed by atoms with E-state index in [9.17, 15) is 24.3 Å². The maximum atomic E-state index is 12.7. The van der Waals surface area contributed by atoms with E-state index in [1.807, 2.05) is 0 Å². The van der Waals surface area contributed by atoms with Gasteiger partial charge in [0, 0.05) is 30.8 Å². The normalized spacial score (nSPS) is 11.7. The molecule has 2 amide bonds. The van der Waals surface area contributed by atoms with E-state index in [4.69, 9.17) is 25.7 Å². The number of carboxylic acids is 1. The summed E-state index contributed by atoms with van der Waals surface area (Å²) in [5, 5.41) is 17.7. The monoisotopic (exact) mass is 615 g/mol. The van der Waals surface area contributed by atoms with Crippen LogP contribution >= 0.6 is 0 Å². The molecule has 3 aromatic rings. The van der Waals surface area contributed by atoms with Crippen LogP contribution in [0.5, 0.6) is 0 Å². The van der Waals surface area contributed by atoms with Crippen LogP contribution in [0.4, 0.5) is 11.6 Å². The number of carbonyl (C=O) groups excluding carboxylic acids is 2. The third-order valence-electron chi connectivity index (χ3n) is 5.95. The zero-order valence-electron chi connectivity index (χ0n) is 24.0. The highest BCUT2D eigenvalue weighted by molar-refractivity contribution is 5.97. The Kier molecular flexibility index (Phi) is 13.9. The van der Waals surface area contributed by atoms with E-state index < -0.39 is 23.5 Å². The van der Waals surface area contributed by atoms with Crippen molar-refractivity contribution in [1.82, 2.24) is 30.6 Å². The summed E-state index contributed by atoms with van der Waals surface area (Å²) in [5.74, 6) is -2.27. The van der Waals surface area contributed by atoms with Crippen LogP contribution in [0.2, 0.25) is 0 Å². The van der Waals surface area contributed by atoms with Gasteiger partial charge in [0.2, 0.25) is 11.9 Å². The fourth-order valence-electron chi connectivity index (χ4n) is 3.74. The maximum Gasteiger partial charge on any atom is 0.326 e. The van der Waals surface area contributed by atoms with E-state index in [0.29, 0.717) is 51.0 Å². The van der Waals surface area contributed by atoms with Crippen LogP contribution in [0.3, 0.4) is 0 Å². The summed E-state index contributed by atoms with van der Waals surface area (Å²) >= 11 is 0. The van der Waals surface area contributed by atoms with Gasteiger partial charge in [0.15, 0.2) is 11.2 Å². The summed E-state index contributed by atoms with van der Waals surface area (Å²) in [6.07, 6.45) is 1.27. The number of amides is 2. The summed E-state index contributed by atoms with van der Waals surface area (Å²) in [6.45, 7) is 3.33. The van der Waals surface area contributed by atoms with Gasteiger partial charge in [0.25, 0.3) is 11.5 Å². The first-order chi connectivity index (χ1) is 21.3. The van der Waals surface area contributed by atoms with Gasteiger partial charge in [-0.1, -0.05) is 0 Å². The lowest BCUT2D eigenvalue weighted by molar-refractivity contribution is -0.139. The molecule has 2 aromatic heterocycles. The number of carboxylic acid groups (broad SMARTS) is 1. The van der Waals surface area contributed by atoms with Gasteiger partial charge in [-0.2, -0.15) is 4.98 Å². The topological polar surface area (TPSA) is 259 Å². The fourth-order valence-corrected chi connectivity index (χ4v) is 3.74. The van der Waals surface area contributed by atoms with Crippen LogP contribution in [0, 0.1) is 0 Å². The van der Waals surface area contributed by atoms with E-state index in [1.54, 1.807) is 12.1 Å². The molecule has 0 aliphatic heterocycles. The minimum Gasteiger partial charge on any atom is -0.480 e. The van der Waals surface area contributed by atoms with Crippen LogP contribution in [-0.4, -0.2) is 102 Å². The summed E-state index contributed by atoms with van der Waals surface area (Å²) < 4.78 is 15.9. The van der Waals surface area contributed by atoms with Crippen molar-refractivity contribution < 1.29 is 33.7 Å². The highest BCUT2D eigenvalue weighted by Crippen LogP contribution is 2.12. The Bertz CT molecular complexity index is 1440. The third kappa shape index (κ3) is 11.5. The summed E-state index contributed by atoms with van der Waals surface area (Å²) in [6, 6.07) is 5.05. The maximum absolute atomic E-state index is 12.7. The molecule has 3 rings (SSSR count). The van der Waals surface area contributed by atoms with Gasteiger partial charge in [-0.3, -0.25) is 19.4 Å². The second kappa shape index (κ2) is 18.1. The Hall–Kier alpha value is -4.71. The van der Waals surface area contributed by atoms with Crippen molar-refractivity contribution in [1.29, 1.82) is 0 Å². The Morgan fingerprint density at radius 1 is 0.977 bits per heavy atom. The van der Waals surface area contributed by atoms with Crippen molar-refractivity contribution in [2.24, 2.45) is 5.73 Å². The van der Waals surface area contributed by atoms with Crippen molar-refractivity contribution in [3.05, 3.63) is 52.1 Å². The smallest absolute Gasteiger partial charge is 0.326 e. The number of benzene rings is 1. The number of hydrogen-bond donors (Lipinski definition) is 7. The van der Waals surface area contributed by atoms with Crippen LogP contribution in [0.25, 0.3) is 11.2 Å². The molecule has 2 heterocycles. The number of aromatic amines is 1. The van der Waals surface area contributed by atoms with Gasteiger partial charge in [0.05, 0.1) is 58.1 Å². The SMILES string of the molecule is NCCOCCOCCOCCNC(=O)CC[C@@H](NC(=O)c1ccc(NCc2cnc3nc(N)[nH]c(=O)c3n2)cc1)C(=O)O. The minimum atomic E-state index is -1.26. The molecule has 9 N–H and O–H groups in total. The number of fused-ring (bicyclic) bond motifs is 1. The van der Waals surface area contributed by atoms with Crippen molar-refractivity contribution in [2.45, 2.75) is 25.4 Å². The zero-order valence-corrected chi connectivity index (χ0v) is 24.0. The molecular formula is C27H37N9O8. The van der Waals surface area contributed by atoms with Gasteiger partial charge in [-0.15, -0.1) is 0 Å². The van der Waals surface area contributed by atoms with E-state index in [1.165, 1.54) is 18.3 Å². The summed E-state index contributed by atoms with van der Waals surface area (Å²) in [7, 11) is 0. The zero-order chi connectivity index (χ0) is 31.7. The first-order valence-corrected chi connectivity index (χ1v) is 13.9. The largest absolute Gasteiger partial charge is 0.480 e. The van der Waals surface area contributed by atoms with Crippen LogP contribution < -0.4 is 33.0 Å². The van der Waals surface area contributed by atoms with Gasteiger partial charge < -0.3 is 46.7 Å². The molecule has 0 bridgehead atoms. The predicted molar refractivity (Wildman–Crippen MR) is 159 cm³/mol. The second-order valence-electron chi connectivity index (χ2n) is 9.29. The predicted octanol–water partition coefficient (Wildman–Crippen LogP) is -1.00. The van der Waals surface area contributed by atoms with Gasteiger partial charge in [0.1, 0.15) is 6.04 Å². The molecule has 17 nitrogen and oxygen atoms in total. The number of aromatic nitrogens is 4. The molecule has 0 unspecified atom stereocenters. The van der Waals surface area contributed by atoms with E-state index in [2.05, 4.69) is 35.9 Å². The van der Waals surface area contributed by atoms with Crippen LogP contribution in [0.1, 0.15) is 28.9 Å². The van der Waals surface area contributed by atoms with Crippen molar-refractivity contribution in [3.63, 3.8) is 0 Å². The Morgan fingerprint density at radius 2 is 1.66 bits per heavy atom. The molecule has 0 saturated carbocycles. The number of carbonyl (C=O) groups is 3. The lowest BCUT2D eigenvalue weighted by Gasteiger charge is -2.15. The van der Waals surface area contributed by atoms with Crippen LogP contribution in [0.15, 0.2) is 35.3 Å². The average Bonchev–Trinajstić information content (AvgIpc) is 3.01. The Labute approximate surface area is 252 Å². The third-order valence-corrected chi connectivity index (χ3v) is 5.95. The minimum absolute atomic E-state index is 0.0520. The van der Waals surface area contributed by atoms with Gasteiger partial charge in [-0.25, -0.2) is 14.8 Å². The molecule has 0 spiro atoms. The number of nitrogen functional groups attached to an aromatic ring is 1. The first-order valence-electron chi connectivity index (χ1n) is 13.9. The molecule has 0 aliphatic carbocycles. The number of nitrogens with one attached hydrogen (secondary N) is 4. The van der Waals surface area contributed by atoms with E-state index in [0.717, 1.165) is 0 Å². The molecule has 0 aliphatic rings. The lowest BCUT2D eigenvalue weighted by atomic mass is 10.1. The van der Waals surface area contributed by atoms with Crippen LogP contribution in [-0.2, 0) is 30.3 Å². The number of rotatable bonds is 20. The van der Waals surface area contributed by atoms with E-state index in [-0.39, 0.29) is 61.1 Å². The number of anilines is 2.